The molecular formula is C21H28N6O2. The molecule has 154 valence electrons. The van der Waals surface area contributed by atoms with Crippen molar-refractivity contribution < 1.29 is 9.47 Å². The van der Waals surface area contributed by atoms with Crippen LogP contribution in [0.4, 0.5) is 34.1 Å². The maximum absolute atomic E-state index is 5.87. The first-order valence-corrected chi connectivity index (χ1v) is 9.03. The number of benzene rings is 3. The molecule has 0 aromatic heterocycles. The Balaban J connectivity index is 0.000000313. The first-order chi connectivity index (χ1) is 13.8. The zero-order valence-electron chi connectivity index (χ0n) is 16.3. The lowest BCUT2D eigenvalue weighted by molar-refractivity contribution is 0.00447. The molecule has 0 aliphatic heterocycles. The molecule has 0 saturated heterocycles. The lowest BCUT2D eigenvalue weighted by Gasteiger charge is -2.21. The van der Waals surface area contributed by atoms with Gasteiger partial charge in [0, 0.05) is 17.8 Å². The number of anilines is 6. The monoisotopic (exact) mass is 396 g/mol. The normalized spacial score (nSPS) is 10.1. The van der Waals surface area contributed by atoms with Crippen molar-refractivity contribution in [3.05, 3.63) is 60.7 Å². The molecule has 8 heteroatoms. The minimum Gasteiger partial charge on any atom is -0.453 e. The number of rotatable bonds is 5. The van der Waals surface area contributed by atoms with Crippen molar-refractivity contribution in [1.82, 2.24) is 0 Å². The second-order valence-corrected chi connectivity index (χ2v) is 6.30. The van der Waals surface area contributed by atoms with Crippen LogP contribution >= 0.6 is 0 Å². The number of hydrogen-bond acceptors (Lipinski definition) is 8. The van der Waals surface area contributed by atoms with E-state index in [1.807, 2.05) is 19.1 Å². The van der Waals surface area contributed by atoms with Crippen LogP contribution in [0.15, 0.2) is 60.7 Å². The van der Waals surface area contributed by atoms with Gasteiger partial charge in [0.2, 0.25) is 6.29 Å². The summed E-state index contributed by atoms with van der Waals surface area (Å²) in [7, 11) is 0. The molecular weight excluding hydrogens is 368 g/mol. The predicted octanol–water partition coefficient (Wildman–Crippen LogP) is 3.06. The van der Waals surface area contributed by atoms with Crippen LogP contribution in [0.2, 0.25) is 0 Å². The van der Waals surface area contributed by atoms with Crippen LogP contribution in [-0.2, 0) is 0 Å². The molecule has 0 fully saturated rings. The Hall–Kier alpha value is -3.94. The van der Waals surface area contributed by atoms with E-state index >= 15 is 0 Å². The van der Waals surface area contributed by atoms with Gasteiger partial charge in [-0.05, 0) is 48.5 Å². The molecule has 3 aromatic carbocycles. The summed E-state index contributed by atoms with van der Waals surface area (Å²) in [5, 5.41) is 0. The molecule has 0 bridgehead atoms. The summed E-state index contributed by atoms with van der Waals surface area (Å²) in [6, 6.07) is 17.4. The molecule has 3 aromatic rings. The van der Waals surface area contributed by atoms with Gasteiger partial charge in [-0.2, -0.15) is 0 Å². The van der Waals surface area contributed by atoms with Crippen molar-refractivity contribution in [2.24, 2.45) is 0 Å². The Morgan fingerprint density at radius 3 is 1.34 bits per heavy atom. The topological polar surface area (TPSA) is 175 Å². The van der Waals surface area contributed by atoms with Gasteiger partial charge in [-0.25, -0.2) is 0 Å². The lowest BCUT2D eigenvalue weighted by Crippen LogP contribution is -2.23. The van der Waals surface area contributed by atoms with E-state index in [4.69, 9.17) is 43.9 Å². The predicted molar refractivity (Wildman–Crippen MR) is 121 cm³/mol. The highest BCUT2D eigenvalue weighted by molar-refractivity contribution is 5.62. The van der Waals surface area contributed by atoms with Crippen LogP contribution in [0.25, 0.3) is 0 Å². The third kappa shape index (κ3) is 6.31. The SMILES string of the molecule is CCC(Oc1ccc(N)cc1N)Oc1ccc(N)cc1N.Nc1ccccc1N. The minimum atomic E-state index is -0.512. The smallest absolute Gasteiger partial charge is 0.241 e. The second-order valence-electron chi connectivity index (χ2n) is 6.30. The quantitative estimate of drug-likeness (QED) is 0.282. The van der Waals surface area contributed by atoms with Crippen LogP contribution in [-0.4, -0.2) is 6.29 Å². The zero-order chi connectivity index (χ0) is 21.4. The van der Waals surface area contributed by atoms with Gasteiger partial charge >= 0.3 is 0 Å². The van der Waals surface area contributed by atoms with Gasteiger partial charge in [-0.3, -0.25) is 0 Å². The van der Waals surface area contributed by atoms with E-state index in [1.165, 1.54) is 0 Å². The minimum absolute atomic E-state index is 0.460. The molecule has 0 saturated carbocycles. The molecule has 12 N–H and O–H groups in total. The fourth-order valence-corrected chi connectivity index (χ4v) is 2.33. The van der Waals surface area contributed by atoms with Gasteiger partial charge in [0.15, 0.2) is 0 Å². The Labute approximate surface area is 170 Å². The van der Waals surface area contributed by atoms with Crippen molar-refractivity contribution in [1.29, 1.82) is 0 Å². The summed E-state index contributed by atoms with van der Waals surface area (Å²) in [6.45, 7) is 1.94. The molecule has 0 radical (unpaired) electrons. The molecule has 0 amide bonds. The fourth-order valence-electron chi connectivity index (χ4n) is 2.33. The summed E-state index contributed by atoms with van der Waals surface area (Å²) in [5.41, 5.74) is 37.2. The number of ether oxygens (including phenoxy) is 2. The summed E-state index contributed by atoms with van der Waals surface area (Å²) in [6.07, 6.45) is 0.107. The summed E-state index contributed by atoms with van der Waals surface area (Å²) >= 11 is 0. The lowest BCUT2D eigenvalue weighted by atomic mass is 10.2. The maximum atomic E-state index is 5.87. The number of nitrogens with two attached hydrogens (primary N) is 6. The number of nitrogen functional groups attached to an aromatic ring is 6. The van der Waals surface area contributed by atoms with Gasteiger partial charge in [0.25, 0.3) is 0 Å². The average Bonchev–Trinajstić information content (AvgIpc) is 2.68. The van der Waals surface area contributed by atoms with E-state index < -0.39 is 6.29 Å². The van der Waals surface area contributed by atoms with Crippen LogP contribution in [0.3, 0.4) is 0 Å². The van der Waals surface area contributed by atoms with Crippen molar-refractivity contribution in [2.45, 2.75) is 19.6 Å². The van der Waals surface area contributed by atoms with E-state index in [2.05, 4.69) is 0 Å². The summed E-state index contributed by atoms with van der Waals surface area (Å²) < 4.78 is 11.5. The highest BCUT2D eigenvalue weighted by Crippen LogP contribution is 2.28. The van der Waals surface area contributed by atoms with Gasteiger partial charge in [0.1, 0.15) is 11.5 Å². The largest absolute Gasteiger partial charge is 0.453 e. The standard InChI is InChI=1S/C15H20N4O2.C6H8N2/c1-2-15(20-13-5-3-9(16)7-11(13)18)21-14-6-4-10(17)8-12(14)19;7-5-3-1-2-4-6(5)8/h3-8,15H,2,16-19H2,1H3;1-4H,7-8H2. The highest BCUT2D eigenvalue weighted by atomic mass is 16.7. The molecule has 0 spiro atoms. The zero-order valence-corrected chi connectivity index (χ0v) is 16.3. The second kappa shape index (κ2) is 9.84. The average molecular weight is 396 g/mol. The molecule has 0 atom stereocenters. The molecule has 29 heavy (non-hydrogen) atoms. The van der Waals surface area contributed by atoms with E-state index in [1.54, 1.807) is 48.5 Å². The van der Waals surface area contributed by atoms with Crippen molar-refractivity contribution >= 4 is 34.1 Å². The van der Waals surface area contributed by atoms with Gasteiger partial charge in [0.05, 0.1) is 22.7 Å². The first-order valence-electron chi connectivity index (χ1n) is 9.03. The molecule has 8 nitrogen and oxygen atoms in total. The van der Waals surface area contributed by atoms with Crippen LogP contribution in [0.5, 0.6) is 11.5 Å². The molecule has 0 unspecified atom stereocenters. The third-order valence-electron chi connectivity index (χ3n) is 3.91. The third-order valence-corrected chi connectivity index (χ3v) is 3.91. The van der Waals surface area contributed by atoms with Crippen LogP contribution in [0, 0.1) is 0 Å². The van der Waals surface area contributed by atoms with Gasteiger partial charge in [-0.15, -0.1) is 0 Å². The molecule has 0 heterocycles. The van der Waals surface area contributed by atoms with Gasteiger partial charge in [-0.1, -0.05) is 19.1 Å². The van der Waals surface area contributed by atoms with Crippen LogP contribution in [0.1, 0.15) is 13.3 Å². The van der Waals surface area contributed by atoms with E-state index in [0.717, 1.165) is 0 Å². The first kappa shape index (κ1) is 21.4. The van der Waals surface area contributed by atoms with Crippen LogP contribution < -0.4 is 43.9 Å². The molecule has 0 aliphatic rings. The fraction of sp³-hybridized carbons (Fsp3) is 0.143. The highest BCUT2D eigenvalue weighted by Gasteiger charge is 2.13. The Bertz CT molecular complexity index is 874. The van der Waals surface area contributed by atoms with Gasteiger partial charge < -0.3 is 43.9 Å². The van der Waals surface area contributed by atoms with Crippen molar-refractivity contribution in [2.75, 3.05) is 34.4 Å². The van der Waals surface area contributed by atoms with Crippen molar-refractivity contribution in [3.63, 3.8) is 0 Å². The Kier molecular flexibility index (Phi) is 7.25. The summed E-state index contributed by atoms with van der Waals surface area (Å²) in [4.78, 5) is 0. The number of hydrogen-bond donors (Lipinski definition) is 6. The number of para-hydroxylation sites is 2. The molecule has 0 aliphatic carbocycles. The maximum Gasteiger partial charge on any atom is 0.241 e. The van der Waals surface area contributed by atoms with Crippen molar-refractivity contribution in [3.8, 4) is 11.5 Å². The summed E-state index contributed by atoms with van der Waals surface area (Å²) in [5.74, 6) is 1.04. The Morgan fingerprint density at radius 1 is 0.621 bits per heavy atom. The van der Waals surface area contributed by atoms with E-state index in [0.29, 0.717) is 52.0 Å². The van der Waals surface area contributed by atoms with E-state index in [-0.39, 0.29) is 0 Å². The van der Waals surface area contributed by atoms with E-state index in [9.17, 15) is 0 Å². The molecule has 3 rings (SSSR count). The Morgan fingerprint density at radius 2 is 1.03 bits per heavy atom.